The Morgan fingerprint density at radius 1 is 1.12 bits per heavy atom. The SMILES string of the molecule is CO[Si](C)(CCCOCCCCC1CO1)OC. The average Bonchev–Trinajstić information content (AvgIpc) is 3.16. The topological polar surface area (TPSA) is 40.2 Å². The standard InChI is InChI=1S/C12H26O4Si/c1-13-17(3,14-2)10-6-9-15-8-5-4-7-12-11-16-12/h12H,4-11H2,1-3H3. The summed E-state index contributed by atoms with van der Waals surface area (Å²) in [5.74, 6) is 0. The molecular weight excluding hydrogens is 236 g/mol. The Bertz CT molecular complexity index is 193. The van der Waals surface area contributed by atoms with Crippen molar-refractivity contribution >= 4 is 8.56 Å². The van der Waals surface area contributed by atoms with Gasteiger partial charge in [-0.05, 0) is 38.3 Å². The van der Waals surface area contributed by atoms with Crippen molar-refractivity contribution in [3.63, 3.8) is 0 Å². The minimum Gasteiger partial charge on any atom is -0.398 e. The molecule has 1 aliphatic rings. The zero-order valence-electron chi connectivity index (χ0n) is 11.4. The fraction of sp³-hybridized carbons (Fsp3) is 1.00. The highest BCUT2D eigenvalue weighted by Crippen LogP contribution is 2.16. The minimum atomic E-state index is -1.88. The van der Waals surface area contributed by atoms with E-state index in [0.717, 1.165) is 38.7 Å². The van der Waals surface area contributed by atoms with Crippen LogP contribution in [0.3, 0.4) is 0 Å². The highest BCUT2D eigenvalue weighted by Gasteiger charge is 2.27. The molecule has 0 aliphatic carbocycles. The summed E-state index contributed by atoms with van der Waals surface area (Å²) in [5.41, 5.74) is 0. The van der Waals surface area contributed by atoms with Crippen molar-refractivity contribution in [3.8, 4) is 0 Å². The van der Waals surface area contributed by atoms with E-state index in [4.69, 9.17) is 18.3 Å². The summed E-state index contributed by atoms with van der Waals surface area (Å²) in [4.78, 5) is 0. The van der Waals surface area contributed by atoms with Crippen LogP contribution in [0.25, 0.3) is 0 Å². The molecule has 0 N–H and O–H groups in total. The van der Waals surface area contributed by atoms with Gasteiger partial charge >= 0.3 is 8.56 Å². The summed E-state index contributed by atoms with van der Waals surface area (Å²) < 4.78 is 21.6. The lowest BCUT2D eigenvalue weighted by Gasteiger charge is -2.22. The van der Waals surface area contributed by atoms with Gasteiger partial charge in [0.05, 0.1) is 12.7 Å². The summed E-state index contributed by atoms with van der Waals surface area (Å²) >= 11 is 0. The number of unbranched alkanes of at least 4 members (excludes halogenated alkanes) is 1. The lowest BCUT2D eigenvalue weighted by molar-refractivity contribution is 0.127. The van der Waals surface area contributed by atoms with E-state index in [2.05, 4.69) is 6.55 Å². The van der Waals surface area contributed by atoms with Crippen LogP contribution < -0.4 is 0 Å². The Labute approximate surface area is 106 Å². The van der Waals surface area contributed by atoms with Gasteiger partial charge in [0, 0.05) is 27.4 Å². The Morgan fingerprint density at radius 3 is 2.35 bits per heavy atom. The first-order valence-electron chi connectivity index (χ1n) is 6.50. The Morgan fingerprint density at radius 2 is 1.76 bits per heavy atom. The maximum Gasteiger partial charge on any atom is 0.334 e. The summed E-state index contributed by atoms with van der Waals surface area (Å²) in [7, 11) is 1.59. The van der Waals surface area contributed by atoms with Crippen LogP contribution in [0.4, 0.5) is 0 Å². The minimum absolute atomic E-state index is 0.560. The van der Waals surface area contributed by atoms with Crippen LogP contribution in [0.1, 0.15) is 25.7 Å². The van der Waals surface area contributed by atoms with E-state index in [-0.39, 0.29) is 0 Å². The molecule has 17 heavy (non-hydrogen) atoms. The predicted octanol–water partition coefficient (Wildman–Crippen LogP) is 2.33. The van der Waals surface area contributed by atoms with Gasteiger partial charge in [-0.1, -0.05) is 0 Å². The van der Waals surface area contributed by atoms with Crippen LogP contribution in [-0.2, 0) is 18.3 Å². The molecule has 0 bridgehead atoms. The lowest BCUT2D eigenvalue weighted by atomic mass is 10.2. The molecule has 1 heterocycles. The molecular formula is C12H26O4Si. The van der Waals surface area contributed by atoms with Crippen molar-refractivity contribution in [3.05, 3.63) is 0 Å². The maximum atomic E-state index is 5.59. The van der Waals surface area contributed by atoms with Gasteiger partial charge in [0.15, 0.2) is 0 Å². The van der Waals surface area contributed by atoms with Crippen molar-refractivity contribution in [2.45, 2.75) is 44.4 Å². The largest absolute Gasteiger partial charge is 0.398 e. The third kappa shape index (κ3) is 7.16. The van der Waals surface area contributed by atoms with Gasteiger partial charge in [0.1, 0.15) is 0 Å². The fourth-order valence-corrected chi connectivity index (χ4v) is 3.06. The van der Waals surface area contributed by atoms with Crippen molar-refractivity contribution < 1.29 is 18.3 Å². The van der Waals surface area contributed by atoms with Crippen molar-refractivity contribution in [1.82, 2.24) is 0 Å². The second kappa shape index (κ2) is 8.21. The Balaban J connectivity index is 1.82. The molecule has 0 saturated carbocycles. The molecule has 102 valence electrons. The van der Waals surface area contributed by atoms with Gasteiger partial charge in [-0.2, -0.15) is 0 Å². The first-order valence-corrected chi connectivity index (χ1v) is 9.02. The normalized spacial score (nSPS) is 19.6. The Kier molecular flexibility index (Phi) is 7.30. The van der Waals surface area contributed by atoms with Crippen LogP contribution >= 0.6 is 0 Å². The van der Waals surface area contributed by atoms with E-state index in [1.807, 2.05) is 0 Å². The van der Waals surface area contributed by atoms with Crippen molar-refractivity contribution in [2.75, 3.05) is 34.0 Å². The molecule has 5 heteroatoms. The Hall–Kier alpha value is 0.0569. The molecule has 0 spiro atoms. The molecule has 0 aromatic carbocycles. The van der Waals surface area contributed by atoms with E-state index in [0.29, 0.717) is 6.10 Å². The number of rotatable bonds is 11. The molecule has 0 aromatic rings. The van der Waals surface area contributed by atoms with Crippen molar-refractivity contribution in [1.29, 1.82) is 0 Å². The summed E-state index contributed by atoms with van der Waals surface area (Å²) in [6, 6.07) is 0.996. The van der Waals surface area contributed by atoms with Gasteiger partial charge in [0.2, 0.25) is 0 Å². The van der Waals surface area contributed by atoms with E-state index < -0.39 is 8.56 Å². The fourth-order valence-electron chi connectivity index (χ4n) is 1.70. The number of epoxide rings is 1. The van der Waals surface area contributed by atoms with E-state index in [9.17, 15) is 0 Å². The zero-order valence-corrected chi connectivity index (χ0v) is 12.4. The molecule has 0 radical (unpaired) electrons. The maximum absolute atomic E-state index is 5.59. The summed E-state index contributed by atoms with van der Waals surface area (Å²) in [6.45, 7) is 4.74. The molecule has 1 rings (SSSR count). The van der Waals surface area contributed by atoms with Gasteiger partial charge in [-0.25, -0.2) is 0 Å². The summed E-state index contributed by atoms with van der Waals surface area (Å²) in [6.07, 6.45) is 5.14. The lowest BCUT2D eigenvalue weighted by Crippen LogP contribution is -2.36. The van der Waals surface area contributed by atoms with Crippen LogP contribution in [0, 0.1) is 0 Å². The third-order valence-electron chi connectivity index (χ3n) is 3.25. The highest BCUT2D eigenvalue weighted by atomic mass is 28.4. The first kappa shape index (κ1) is 15.1. The number of hydrogen-bond donors (Lipinski definition) is 0. The van der Waals surface area contributed by atoms with Gasteiger partial charge in [-0.3, -0.25) is 0 Å². The second-order valence-corrected chi connectivity index (χ2v) is 8.29. The van der Waals surface area contributed by atoms with Crippen LogP contribution in [-0.4, -0.2) is 48.7 Å². The second-order valence-electron chi connectivity index (χ2n) is 4.71. The van der Waals surface area contributed by atoms with E-state index in [1.54, 1.807) is 14.2 Å². The molecule has 1 unspecified atom stereocenters. The average molecular weight is 262 g/mol. The predicted molar refractivity (Wildman–Crippen MR) is 69.5 cm³/mol. The molecule has 1 fully saturated rings. The molecule has 1 atom stereocenters. The smallest absolute Gasteiger partial charge is 0.334 e. The van der Waals surface area contributed by atoms with Gasteiger partial charge < -0.3 is 18.3 Å². The molecule has 0 amide bonds. The van der Waals surface area contributed by atoms with Crippen LogP contribution in [0.2, 0.25) is 12.6 Å². The molecule has 1 aliphatic heterocycles. The van der Waals surface area contributed by atoms with E-state index in [1.165, 1.54) is 12.8 Å². The number of ether oxygens (including phenoxy) is 2. The molecule has 4 nitrogen and oxygen atoms in total. The van der Waals surface area contributed by atoms with Crippen molar-refractivity contribution in [2.24, 2.45) is 0 Å². The third-order valence-corrected chi connectivity index (χ3v) is 6.24. The monoisotopic (exact) mass is 262 g/mol. The molecule has 0 aromatic heterocycles. The summed E-state index contributed by atoms with van der Waals surface area (Å²) in [5, 5.41) is 0. The van der Waals surface area contributed by atoms with Gasteiger partial charge in [0.25, 0.3) is 0 Å². The van der Waals surface area contributed by atoms with E-state index >= 15 is 0 Å². The quantitative estimate of drug-likeness (QED) is 0.325. The van der Waals surface area contributed by atoms with Crippen LogP contribution in [0.15, 0.2) is 0 Å². The zero-order chi connectivity index (χ0) is 12.6. The first-order chi connectivity index (χ1) is 8.20. The molecule has 1 saturated heterocycles. The number of hydrogen-bond acceptors (Lipinski definition) is 4. The highest BCUT2D eigenvalue weighted by molar-refractivity contribution is 6.65. The van der Waals surface area contributed by atoms with Crippen LogP contribution in [0.5, 0.6) is 0 Å². The van der Waals surface area contributed by atoms with Gasteiger partial charge in [-0.15, -0.1) is 0 Å².